The van der Waals surface area contributed by atoms with Gasteiger partial charge >= 0.3 is 7.12 Å². The van der Waals surface area contributed by atoms with Gasteiger partial charge in [-0.15, -0.1) is 0 Å². The summed E-state index contributed by atoms with van der Waals surface area (Å²) in [5.41, 5.74) is 0.305. The molecule has 104 valence electrons. The second-order valence-electron chi connectivity index (χ2n) is 7.76. The largest absolute Gasteiger partial charge is 0.457 e. The average Bonchev–Trinajstić information content (AvgIpc) is 2.51. The first kappa shape index (κ1) is 14.4. The van der Waals surface area contributed by atoms with Gasteiger partial charge in [0.25, 0.3) is 0 Å². The third kappa shape index (κ3) is 2.77. The molecule has 2 aliphatic rings. The molecule has 2 unspecified atom stereocenters. The number of hydrogen-bond acceptors (Lipinski definition) is 2. The van der Waals surface area contributed by atoms with Crippen LogP contribution in [0.4, 0.5) is 0 Å². The van der Waals surface area contributed by atoms with E-state index in [0.29, 0.717) is 17.4 Å². The molecule has 0 aromatic rings. The Morgan fingerprint density at radius 3 is 2.56 bits per heavy atom. The van der Waals surface area contributed by atoms with Crippen molar-refractivity contribution in [1.82, 2.24) is 0 Å². The van der Waals surface area contributed by atoms with E-state index in [1.165, 1.54) is 6.42 Å². The Bertz CT molecular complexity index is 303. The molecule has 3 heteroatoms. The lowest BCUT2D eigenvalue weighted by molar-refractivity contribution is -0.0575. The molecule has 0 bridgehead atoms. The highest BCUT2D eigenvalue weighted by Gasteiger charge is 2.54. The van der Waals surface area contributed by atoms with E-state index in [2.05, 4.69) is 41.5 Å². The van der Waals surface area contributed by atoms with Gasteiger partial charge in [-0.05, 0) is 43.3 Å². The predicted molar refractivity (Wildman–Crippen MR) is 76.6 cm³/mol. The summed E-state index contributed by atoms with van der Waals surface area (Å²) in [6.07, 6.45) is 4.79. The molecule has 2 fully saturated rings. The van der Waals surface area contributed by atoms with Gasteiger partial charge in [0.1, 0.15) is 0 Å². The first-order chi connectivity index (χ1) is 8.23. The van der Waals surface area contributed by atoms with Crippen molar-refractivity contribution in [3.63, 3.8) is 0 Å². The second-order valence-corrected chi connectivity index (χ2v) is 7.76. The maximum absolute atomic E-state index is 6.26. The summed E-state index contributed by atoms with van der Waals surface area (Å²) in [5.74, 6) is 1.44. The molecule has 0 radical (unpaired) electrons. The Kier molecular flexibility index (Phi) is 3.86. The highest BCUT2D eigenvalue weighted by atomic mass is 16.7. The van der Waals surface area contributed by atoms with Crippen molar-refractivity contribution < 1.29 is 9.31 Å². The first-order valence-electron chi connectivity index (χ1n) is 7.56. The van der Waals surface area contributed by atoms with E-state index in [9.17, 15) is 0 Å². The van der Waals surface area contributed by atoms with E-state index < -0.39 is 0 Å². The number of fused-ring (bicyclic) bond motifs is 1. The molecule has 2 rings (SSSR count). The molecule has 0 N–H and O–H groups in total. The minimum absolute atomic E-state index is 0.0310. The van der Waals surface area contributed by atoms with Gasteiger partial charge in [0.2, 0.25) is 0 Å². The molecule has 0 aromatic carbocycles. The Hall–Kier alpha value is -0.0151. The summed E-state index contributed by atoms with van der Waals surface area (Å²) in [4.78, 5) is 0. The molecule has 18 heavy (non-hydrogen) atoms. The highest BCUT2D eigenvalue weighted by Crippen LogP contribution is 2.50. The normalized spacial score (nSPS) is 39.2. The van der Waals surface area contributed by atoms with Crippen LogP contribution >= 0.6 is 0 Å². The summed E-state index contributed by atoms with van der Waals surface area (Å²) < 4.78 is 12.4. The molecule has 1 saturated carbocycles. The molecule has 3 atom stereocenters. The van der Waals surface area contributed by atoms with Crippen molar-refractivity contribution >= 4 is 7.12 Å². The fourth-order valence-electron chi connectivity index (χ4n) is 3.51. The standard InChI is InChI=1S/C15H29BO2/c1-11(2)7-8-16-17-13-9-12(3)14(4,5)10-15(13,6)18-16/h11-13H,7-10H2,1-6H3/t12-,13?,15?/m0/s1. The van der Waals surface area contributed by atoms with Gasteiger partial charge in [-0.3, -0.25) is 0 Å². The minimum atomic E-state index is -0.0579. The van der Waals surface area contributed by atoms with Crippen LogP contribution in [0.1, 0.15) is 60.8 Å². The predicted octanol–water partition coefficient (Wildman–Crippen LogP) is 4.15. The van der Waals surface area contributed by atoms with Gasteiger partial charge in [0.15, 0.2) is 0 Å². The van der Waals surface area contributed by atoms with Gasteiger partial charge < -0.3 is 9.31 Å². The zero-order chi connectivity index (χ0) is 13.6. The molecule has 0 amide bonds. The quantitative estimate of drug-likeness (QED) is 0.702. The van der Waals surface area contributed by atoms with Crippen molar-refractivity contribution in [2.24, 2.45) is 17.3 Å². The molecule has 1 aliphatic carbocycles. The molecular weight excluding hydrogens is 223 g/mol. The maximum atomic E-state index is 6.26. The second kappa shape index (κ2) is 4.83. The van der Waals surface area contributed by atoms with Gasteiger partial charge in [0, 0.05) is 0 Å². The van der Waals surface area contributed by atoms with E-state index in [4.69, 9.17) is 9.31 Å². The molecule has 0 aromatic heterocycles. The van der Waals surface area contributed by atoms with Crippen LogP contribution < -0.4 is 0 Å². The summed E-state index contributed by atoms with van der Waals surface area (Å²) in [6, 6.07) is 0. The lowest BCUT2D eigenvalue weighted by Crippen LogP contribution is -2.49. The van der Waals surface area contributed by atoms with Crippen molar-refractivity contribution in [3.05, 3.63) is 0 Å². The zero-order valence-electron chi connectivity index (χ0n) is 13.0. The van der Waals surface area contributed by atoms with Crippen molar-refractivity contribution in [2.75, 3.05) is 0 Å². The van der Waals surface area contributed by atoms with Crippen LogP contribution in [0.5, 0.6) is 0 Å². The zero-order valence-corrected chi connectivity index (χ0v) is 13.0. The van der Waals surface area contributed by atoms with Gasteiger partial charge in [-0.25, -0.2) is 0 Å². The fourth-order valence-corrected chi connectivity index (χ4v) is 3.51. The van der Waals surface area contributed by atoms with E-state index in [-0.39, 0.29) is 12.7 Å². The first-order valence-corrected chi connectivity index (χ1v) is 7.56. The fraction of sp³-hybridized carbons (Fsp3) is 1.00. The lowest BCUT2D eigenvalue weighted by Gasteiger charge is -2.47. The Morgan fingerprint density at radius 2 is 1.94 bits per heavy atom. The van der Waals surface area contributed by atoms with Crippen LogP contribution in [-0.2, 0) is 9.31 Å². The molecule has 2 nitrogen and oxygen atoms in total. The van der Waals surface area contributed by atoms with Crippen LogP contribution in [0.15, 0.2) is 0 Å². The topological polar surface area (TPSA) is 18.5 Å². The monoisotopic (exact) mass is 252 g/mol. The summed E-state index contributed by atoms with van der Waals surface area (Å²) in [6.45, 7) is 13.8. The number of rotatable bonds is 3. The van der Waals surface area contributed by atoms with E-state index in [1.807, 2.05) is 0 Å². The molecule has 1 heterocycles. The molecule has 0 spiro atoms. The minimum Gasteiger partial charge on any atom is -0.405 e. The van der Waals surface area contributed by atoms with Crippen LogP contribution in [0.25, 0.3) is 0 Å². The van der Waals surface area contributed by atoms with E-state index in [1.54, 1.807) is 0 Å². The van der Waals surface area contributed by atoms with Crippen LogP contribution in [-0.4, -0.2) is 18.8 Å². The lowest BCUT2D eigenvalue weighted by atomic mass is 9.63. The van der Waals surface area contributed by atoms with E-state index >= 15 is 0 Å². The summed E-state index contributed by atoms with van der Waals surface area (Å²) in [5, 5.41) is 0. The van der Waals surface area contributed by atoms with Crippen molar-refractivity contribution in [2.45, 2.75) is 78.8 Å². The number of hydrogen-bond donors (Lipinski definition) is 0. The molecule has 1 saturated heterocycles. The third-order valence-corrected chi connectivity index (χ3v) is 5.09. The Morgan fingerprint density at radius 1 is 1.28 bits per heavy atom. The van der Waals surface area contributed by atoms with Gasteiger partial charge in [0.05, 0.1) is 11.7 Å². The van der Waals surface area contributed by atoms with Crippen molar-refractivity contribution in [3.8, 4) is 0 Å². The third-order valence-electron chi connectivity index (χ3n) is 5.09. The van der Waals surface area contributed by atoms with E-state index in [0.717, 1.165) is 25.1 Å². The Labute approximate surface area is 113 Å². The van der Waals surface area contributed by atoms with Gasteiger partial charge in [-0.2, -0.15) is 0 Å². The maximum Gasteiger partial charge on any atom is 0.457 e. The van der Waals surface area contributed by atoms with Gasteiger partial charge in [-0.1, -0.05) is 41.0 Å². The summed E-state index contributed by atoms with van der Waals surface area (Å²) >= 11 is 0. The van der Waals surface area contributed by atoms with Crippen molar-refractivity contribution in [1.29, 1.82) is 0 Å². The molecule has 1 aliphatic heterocycles. The average molecular weight is 252 g/mol. The Balaban J connectivity index is 1.99. The highest BCUT2D eigenvalue weighted by molar-refractivity contribution is 6.45. The van der Waals surface area contributed by atoms with Crippen LogP contribution in [0, 0.1) is 17.3 Å². The SMILES string of the molecule is CC(C)CCB1OC2C[C@H](C)C(C)(C)CC2(C)O1. The summed E-state index contributed by atoms with van der Waals surface area (Å²) in [7, 11) is 0.0310. The smallest absolute Gasteiger partial charge is 0.405 e. The van der Waals surface area contributed by atoms with Crippen LogP contribution in [0.3, 0.4) is 0 Å². The molecular formula is C15H29BO2. The van der Waals surface area contributed by atoms with Crippen LogP contribution in [0.2, 0.25) is 6.32 Å².